The molecule has 0 spiro atoms. The summed E-state index contributed by atoms with van der Waals surface area (Å²) in [5.74, 6) is -0.287. The Bertz CT molecular complexity index is 726. The Hall–Kier alpha value is -2.82. The number of hydrogen-bond donors (Lipinski definition) is 1. The highest BCUT2D eigenvalue weighted by Gasteiger charge is 2.13. The molecule has 0 saturated heterocycles. The fourth-order valence-corrected chi connectivity index (χ4v) is 2.59. The fraction of sp³-hybridized carbons (Fsp3) is 0.300. The molecule has 0 aliphatic rings. The molecular weight excluding hydrogens is 316 g/mol. The van der Waals surface area contributed by atoms with E-state index in [-0.39, 0.29) is 11.9 Å². The van der Waals surface area contributed by atoms with Crippen LogP contribution in [0.5, 0.6) is 0 Å². The van der Waals surface area contributed by atoms with Crippen LogP contribution in [0.25, 0.3) is 0 Å². The number of esters is 1. The van der Waals surface area contributed by atoms with Crippen molar-refractivity contribution in [1.82, 2.24) is 0 Å². The smallest absolute Gasteiger partial charge is 0.337 e. The minimum absolute atomic E-state index is 0.0757. The van der Waals surface area contributed by atoms with E-state index in [2.05, 4.69) is 10.1 Å². The SMILES string of the molecule is CCN(C(=O)CCNc1ccc(C(=O)OC)cc1)c1cccc(C)c1. The third-order valence-electron chi connectivity index (χ3n) is 3.90. The van der Waals surface area contributed by atoms with Gasteiger partial charge in [-0.1, -0.05) is 12.1 Å². The number of methoxy groups -OCH3 is 1. The van der Waals surface area contributed by atoms with Crippen LogP contribution in [0.15, 0.2) is 48.5 Å². The van der Waals surface area contributed by atoms with E-state index in [9.17, 15) is 9.59 Å². The summed E-state index contributed by atoms with van der Waals surface area (Å²) in [7, 11) is 1.35. The number of nitrogens with one attached hydrogen (secondary N) is 1. The summed E-state index contributed by atoms with van der Waals surface area (Å²) in [6, 6.07) is 14.9. The Morgan fingerprint density at radius 3 is 2.44 bits per heavy atom. The zero-order valence-electron chi connectivity index (χ0n) is 14.9. The van der Waals surface area contributed by atoms with Crippen LogP contribution in [0.2, 0.25) is 0 Å². The van der Waals surface area contributed by atoms with Crippen LogP contribution in [0.4, 0.5) is 11.4 Å². The van der Waals surface area contributed by atoms with Crippen LogP contribution >= 0.6 is 0 Å². The van der Waals surface area contributed by atoms with Crippen molar-refractivity contribution < 1.29 is 14.3 Å². The summed E-state index contributed by atoms with van der Waals surface area (Å²) in [5.41, 5.74) is 3.42. The van der Waals surface area contributed by atoms with Gasteiger partial charge in [-0.3, -0.25) is 4.79 Å². The molecule has 1 amide bonds. The minimum atomic E-state index is -0.363. The summed E-state index contributed by atoms with van der Waals surface area (Å²) in [6.45, 7) is 5.15. The van der Waals surface area contributed by atoms with Gasteiger partial charge in [0.1, 0.15) is 0 Å². The third-order valence-corrected chi connectivity index (χ3v) is 3.90. The maximum absolute atomic E-state index is 12.5. The number of hydrogen-bond acceptors (Lipinski definition) is 4. The number of ether oxygens (including phenoxy) is 1. The van der Waals surface area contributed by atoms with Gasteiger partial charge in [0.25, 0.3) is 0 Å². The standard InChI is InChI=1S/C20H24N2O3/c1-4-22(18-7-5-6-15(2)14-18)19(23)12-13-21-17-10-8-16(9-11-17)20(24)25-3/h5-11,14,21H,4,12-13H2,1-3H3. The number of benzene rings is 2. The van der Waals surface area contributed by atoms with E-state index in [1.165, 1.54) is 7.11 Å². The summed E-state index contributed by atoms with van der Waals surface area (Å²) in [6.07, 6.45) is 0.389. The zero-order valence-corrected chi connectivity index (χ0v) is 14.9. The minimum Gasteiger partial charge on any atom is -0.465 e. The number of carbonyl (C=O) groups is 2. The van der Waals surface area contributed by atoms with Crippen molar-refractivity contribution in [1.29, 1.82) is 0 Å². The van der Waals surface area contributed by atoms with Gasteiger partial charge in [-0.2, -0.15) is 0 Å². The molecular formula is C20H24N2O3. The van der Waals surface area contributed by atoms with E-state index in [1.807, 2.05) is 38.1 Å². The molecule has 2 aromatic carbocycles. The van der Waals surface area contributed by atoms with Crippen LogP contribution in [0.3, 0.4) is 0 Å². The van der Waals surface area contributed by atoms with Crippen LogP contribution in [0, 0.1) is 6.92 Å². The van der Waals surface area contributed by atoms with Gasteiger partial charge in [0.2, 0.25) is 5.91 Å². The predicted octanol–water partition coefficient (Wildman–Crippen LogP) is 3.64. The second-order valence-electron chi connectivity index (χ2n) is 5.72. The molecule has 0 aliphatic heterocycles. The fourth-order valence-electron chi connectivity index (χ4n) is 2.59. The number of nitrogens with zero attached hydrogens (tertiary/aromatic N) is 1. The molecule has 0 saturated carbocycles. The lowest BCUT2D eigenvalue weighted by Gasteiger charge is -2.21. The zero-order chi connectivity index (χ0) is 18.2. The molecule has 132 valence electrons. The van der Waals surface area contributed by atoms with Crippen molar-refractivity contribution in [2.45, 2.75) is 20.3 Å². The monoisotopic (exact) mass is 340 g/mol. The molecule has 25 heavy (non-hydrogen) atoms. The summed E-state index contributed by atoms with van der Waals surface area (Å²) >= 11 is 0. The lowest BCUT2D eigenvalue weighted by atomic mass is 10.2. The Kier molecular flexibility index (Phi) is 6.57. The van der Waals surface area contributed by atoms with E-state index in [1.54, 1.807) is 29.2 Å². The lowest BCUT2D eigenvalue weighted by molar-refractivity contribution is -0.118. The molecule has 5 heteroatoms. The van der Waals surface area contributed by atoms with Gasteiger partial charge >= 0.3 is 5.97 Å². The first-order valence-electron chi connectivity index (χ1n) is 8.34. The van der Waals surface area contributed by atoms with Crippen molar-refractivity contribution in [3.63, 3.8) is 0 Å². The normalized spacial score (nSPS) is 10.2. The van der Waals surface area contributed by atoms with Crippen molar-refractivity contribution in [2.75, 3.05) is 30.4 Å². The van der Waals surface area contributed by atoms with E-state index in [0.717, 1.165) is 16.9 Å². The highest BCUT2D eigenvalue weighted by Crippen LogP contribution is 2.17. The van der Waals surface area contributed by atoms with Gasteiger partial charge in [-0.05, 0) is 55.8 Å². The van der Waals surface area contributed by atoms with Gasteiger partial charge in [0.05, 0.1) is 12.7 Å². The number of rotatable bonds is 7. The average Bonchev–Trinajstić information content (AvgIpc) is 2.62. The lowest BCUT2D eigenvalue weighted by Crippen LogP contribution is -2.31. The first kappa shape index (κ1) is 18.5. The van der Waals surface area contributed by atoms with Gasteiger partial charge < -0.3 is 15.0 Å². The maximum atomic E-state index is 12.5. The Morgan fingerprint density at radius 2 is 1.84 bits per heavy atom. The summed E-state index contributed by atoms with van der Waals surface area (Å²) < 4.78 is 4.67. The Labute approximate surface area is 148 Å². The summed E-state index contributed by atoms with van der Waals surface area (Å²) in [5, 5.41) is 3.20. The van der Waals surface area contributed by atoms with Gasteiger partial charge in [0, 0.05) is 30.9 Å². The molecule has 0 unspecified atom stereocenters. The maximum Gasteiger partial charge on any atom is 0.337 e. The molecule has 0 aliphatic carbocycles. The van der Waals surface area contributed by atoms with E-state index in [0.29, 0.717) is 25.1 Å². The first-order chi connectivity index (χ1) is 12.0. The highest BCUT2D eigenvalue weighted by molar-refractivity contribution is 5.93. The van der Waals surface area contributed by atoms with Crippen molar-refractivity contribution in [3.8, 4) is 0 Å². The molecule has 0 heterocycles. The second kappa shape index (κ2) is 8.87. The number of anilines is 2. The van der Waals surface area contributed by atoms with E-state index >= 15 is 0 Å². The van der Waals surface area contributed by atoms with Gasteiger partial charge in [-0.15, -0.1) is 0 Å². The quantitative estimate of drug-likeness (QED) is 0.782. The topological polar surface area (TPSA) is 58.6 Å². The third kappa shape index (κ3) is 5.08. The second-order valence-corrected chi connectivity index (χ2v) is 5.72. The molecule has 0 bridgehead atoms. The molecule has 2 aromatic rings. The van der Waals surface area contributed by atoms with Crippen LogP contribution in [0.1, 0.15) is 29.3 Å². The van der Waals surface area contributed by atoms with Crippen molar-refractivity contribution >= 4 is 23.3 Å². The predicted molar refractivity (Wildman–Crippen MR) is 100 cm³/mol. The van der Waals surface area contributed by atoms with Crippen LogP contribution in [-0.2, 0) is 9.53 Å². The van der Waals surface area contributed by atoms with Gasteiger partial charge in [-0.25, -0.2) is 4.79 Å². The van der Waals surface area contributed by atoms with E-state index < -0.39 is 0 Å². The van der Waals surface area contributed by atoms with Gasteiger partial charge in [0.15, 0.2) is 0 Å². The van der Waals surface area contributed by atoms with Crippen molar-refractivity contribution in [3.05, 3.63) is 59.7 Å². The number of carbonyl (C=O) groups excluding carboxylic acids is 2. The molecule has 0 aromatic heterocycles. The number of aryl methyl sites for hydroxylation is 1. The first-order valence-corrected chi connectivity index (χ1v) is 8.34. The van der Waals surface area contributed by atoms with Crippen LogP contribution in [-0.4, -0.2) is 32.1 Å². The Balaban J connectivity index is 1.89. The molecule has 2 rings (SSSR count). The van der Waals surface area contributed by atoms with E-state index in [4.69, 9.17) is 0 Å². The molecule has 0 fully saturated rings. The molecule has 0 radical (unpaired) electrons. The average molecular weight is 340 g/mol. The van der Waals surface area contributed by atoms with Crippen molar-refractivity contribution in [2.24, 2.45) is 0 Å². The van der Waals surface area contributed by atoms with Crippen LogP contribution < -0.4 is 10.2 Å². The Morgan fingerprint density at radius 1 is 1.12 bits per heavy atom. The molecule has 5 nitrogen and oxygen atoms in total. The highest BCUT2D eigenvalue weighted by atomic mass is 16.5. The largest absolute Gasteiger partial charge is 0.465 e. The molecule has 1 N–H and O–H groups in total. The number of amides is 1. The summed E-state index contributed by atoms with van der Waals surface area (Å²) in [4.78, 5) is 25.7. The molecule has 0 atom stereocenters.